The lowest BCUT2D eigenvalue weighted by Gasteiger charge is -2.23. The van der Waals surface area contributed by atoms with E-state index in [-0.39, 0.29) is 0 Å². The molecule has 1 aliphatic heterocycles. The van der Waals surface area contributed by atoms with E-state index in [1.807, 2.05) is 18.1 Å². The summed E-state index contributed by atoms with van der Waals surface area (Å²) in [5.41, 5.74) is 2.14. The normalized spacial score (nSPS) is 17.1. The molecule has 0 radical (unpaired) electrons. The molecule has 0 saturated carbocycles. The van der Waals surface area contributed by atoms with E-state index in [4.69, 9.17) is 5.11 Å². The molecular weight excluding hydrogens is 248 g/mol. The summed E-state index contributed by atoms with van der Waals surface area (Å²) in [6, 6.07) is 5.58. The number of benzene rings is 1. The van der Waals surface area contributed by atoms with E-state index < -0.39 is 5.97 Å². The minimum Gasteiger partial charge on any atom is -0.478 e. The van der Waals surface area contributed by atoms with Crippen molar-refractivity contribution in [2.75, 3.05) is 11.5 Å². The molecule has 1 saturated heterocycles. The van der Waals surface area contributed by atoms with Crippen molar-refractivity contribution < 1.29 is 9.90 Å². The van der Waals surface area contributed by atoms with Gasteiger partial charge in [0, 0.05) is 6.04 Å². The SMILES string of the molecule is O=C(O)c1ccc2ncn(C3CCSCC3)c2c1. The quantitative estimate of drug-likeness (QED) is 0.904. The summed E-state index contributed by atoms with van der Waals surface area (Å²) in [6.45, 7) is 0. The third-order valence-corrected chi connectivity index (χ3v) is 4.45. The number of carboxylic acids is 1. The van der Waals surface area contributed by atoms with E-state index in [2.05, 4.69) is 9.55 Å². The van der Waals surface area contributed by atoms with Crippen LogP contribution in [0.1, 0.15) is 29.2 Å². The molecule has 3 rings (SSSR count). The minimum atomic E-state index is -0.885. The molecular formula is C13H14N2O2S. The van der Waals surface area contributed by atoms with Crippen LogP contribution in [0.3, 0.4) is 0 Å². The Morgan fingerprint density at radius 3 is 2.89 bits per heavy atom. The monoisotopic (exact) mass is 262 g/mol. The first-order valence-electron chi connectivity index (χ1n) is 6.03. The van der Waals surface area contributed by atoms with Gasteiger partial charge in [-0.2, -0.15) is 11.8 Å². The van der Waals surface area contributed by atoms with Gasteiger partial charge in [-0.25, -0.2) is 9.78 Å². The number of hydrogen-bond donors (Lipinski definition) is 1. The maximum Gasteiger partial charge on any atom is 0.335 e. The summed E-state index contributed by atoms with van der Waals surface area (Å²) < 4.78 is 2.14. The maximum atomic E-state index is 11.0. The molecule has 0 amide bonds. The highest BCUT2D eigenvalue weighted by molar-refractivity contribution is 7.99. The third kappa shape index (κ3) is 1.99. The predicted molar refractivity (Wildman–Crippen MR) is 72.3 cm³/mol. The number of carbonyl (C=O) groups is 1. The van der Waals surface area contributed by atoms with Gasteiger partial charge >= 0.3 is 5.97 Å². The fourth-order valence-corrected chi connectivity index (χ4v) is 3.49. The highest BCUT2D eigenvalue weighted by Crippen LogP contribution is 2.30. The largest absolute Gasteiger partial charge is 0.478 e. The van der Waals surface area contributed by atoms with Crippen LogP contribution in [0.25, 0.3) is 11.0 Å². The Hall–Kier alpha value is -1.49. The van der Waals surface area contributed by atoms with Crippen LogP contribution in [0, 0.1) is 0 Å². The zero-order chi connectivity index (χ0) is 12.5. The molecule has 5 heteroatoms. The van der Waals surface area contributed by atoms with Crippen LogP contribution >= 0.6 is 11.8 Å². The zero-order valence-corrected chi connectivity index (χ0v) is 10.7. The van der Waals surface area contributed by atoms with E-state index in [1.54, 1.807) is 18.2 Å². The molecule has 4 nitrogen and oxygen atoms in total. The average Bonchev–Trinajstić information content (AvgIpc) is 2.82. The number of thioether (sulfide) groups is 1. The Bertz CT molecular complexity index is 588. The highest BCUT2D eigenvalue weighted by atomic mass is 32.2. The van der Waals surface area contributed by atoms with Gasteiger partial charge in [0.25, 0.3) is 0 Å². The van der Waals surface area contributed by atoms with Gasteiger partial charge < -0.3 is 9.67 Å². The van der Waals surface area contributed by atoms with Crippen LogP contribution in [0.2, 0.25) is 0 Å². The van der Waals surface area contributed by atoms with Gasteiger partial charge in [0.05, 0.1) is 22.9 Å². The molecule has 0 aliphatic carbocycles. The Morgan fingerprint density at radius 1 is 1.39 bits per heavy atom. The second-order valence-corrected chi connectivity index (χ2v) is 5.73. The number of aromatic nitrogens is 2. The van der Waals surface area contributed by atoms with Crippen molar-refractivity contribution in [1.82, 2.24) is 9.55 Å². The zero-order valence-electron chi connectivity index (χ0n) is 9.87. The fourth-order valence-electron chi connectivity index (χ4n) is 2.41. The van der Waals surface area contributed by atoms with Crippen molar-refractivity contribution in [3.8, 4) is 0 Å². The lowest BCUT2D eigenvalue weighted by molar-refractivity contribution is 0.0697. The number of nitrogens with zero attached hydrogens (tertiary/aromatic N) is 2. The molecule has 2 heterocycles. The van der Waals surface area contributed by atoms with Gasteiger partial charge in [0.15, 0.2) is 0 Å². The lowest BCUT2D eigenvalue weighted by Crippen LogP contribution is -2.14. The van der Waals surface area contributed by atoms with E-state index in [0.717, 1.165) is 23.9 Å². The summed E-state index contributed by atoms with van der Waals surface area (Å²) in [4.78, 5) is 15.4. The van der Waals surface area contributed by atoms with Crippen molar-refractivity contribution >= 4 is 28.8 Å². The van der Waals surface area contributed by atoms with Crippen molar-refractivity contribution in [3.05, 3.63) is 30.1 Å². The summed E-state index contributed by atoms with van der Waals surface area (Å²) >= 11 is 1.98. The predicted octanol–water partition coefficient (Wildman–Crippen LogP) is 2.80. The number of hydrogen-bond acceptors (Lipinski definition) is 3. The van der Waals surface area contributed by atoms with Gasteiger partial charge in [0.1, 0.15) is 0 Å². The minimum absolute atomic E-state index is 0.328. The fraction of sp³-hybridized carbons (Fsp3) is 0.385. The number of carboxylic acid groups (broad SMARTS) is 1. The standard InChI is InChI=1S/C13H14N2O2S/c16-13(17)9-1-2-11-12(7-9)15(8-14-11)10-3-5-18-6-4-10/h1-2,7-8,10H,3-6H2,(H,16,17). The van der Waals surface area contributed by atoms with Crippen LogP contribution in [-0.2, 0) is 0 Å². The molecule has 0 spiro atoms. The molecule has 18 heavy (non-hydrogen) atoms. The first-order chi connectivity index (χ1) is 8.75. The van der Waals surface area contributed by atoms with Gasteiger partial charge in [-0.1, -0.05) is 0 Å². The van der Waals surface area contributed by atoms with Gasteiger partial charge in [-0.05, 0) is 42.5 Å². The Kier molecular flexibility index (Phi) is 2.99. The van der Waals surface area contributed by atoms with Crippen molar-refractivity contribution in [3.63, 3.8) is 0 Å². The molecule has 0 atom stereocenters. The van der Waals surface area contributed by atoms with Gasteiger partial charge in [0.2, 0.25) is 0 Å². The summed E-state index contributed by atoms with van der Waals surface area (Å²) in [5.74, 6) is 1.45. The molecule has 0 unspecified atom stereocenters. The van der Waals surface area contributed by atoms with Crippen LogP contribution in [0.5, 0.6) is 0 Å². The van der Waals surface area contributed by atoms with Gasteiger partial charge in [-0.15, -0.1) is 0 Å². The first kappa shape index (κ1) is 11.6. The topological polar surface area (TPSA) is 55.1 Å². The van der Waals surface area contributed by atoms with Crippen molar-refractivity contribution in [2.24, 2.45) is 0 Å². The third-order valence-electron chi connectivity index (χ3n) is 3.41. The van der Waals surface area contributed by atoms with E-state index >= 15 is 0 Å². The lowest BCUT2D eigenvalue weighted by atomic mass is 10.1. The number of fused-ring (bicyclic) bond motifs is 1. The van der Waals surface area contributed by atoms with Crippen LogP contribution < -0.4 is 0 Å². The molecule has 1 N–H and O–H groups in total. The molecule has 1 aromatic carbocycles. The van der Waals surface area contributed by atoms with Crippen molar-refractivity contribution in [1.29, 1.82) is 0 Å². The summed E-state index contributed by atoms with van der Waals surface area (Å²) in [6.07, 6.45) is 4.11. The van der Waals surface area contributed by atoms with E-state index in [0.29, 0.717) is 11.6 Å². The molecule has 2 aromatic rings. The maximum absolute atomic E-state index is 11.0. The number of rotatable bonds is 2. The average molecular weight is 262 g/mol. The smallest absolute Gasteiger partial charge is 0.335 e. The number of imidazole rings is 1. The van der Waals surface area contributed by atoms with Crippen LogP contribution in [0.15, 0.2) is 24.5 Å². The van der Waals surface area contributed by atoms with E-state index in [9.17, 15) is 4.79 Å². The second-order valence-electron chi connectivity index (χ2n) is 4.50. The first-order valence-corrected chi connectivity index (χ1v) is 7.19. The second kappa shape index (κ2) is 4.65. The molecule has 1 aliphatic rings. The van der Waals surface area contributed by atoms with Crippen LogP contribution in [-0.4, -0.2) is 32.1 Å². The van der Waals surface area contributed by atoms with E-state index in [1.165, 1.54) is 11.5 Å². The summed E-state index contributed by atoms with van der Waals surface area (Å²) in [7, 11) is 0. The Balaban J connectivity index is 2.05. The van der Waals surface area contributed by atoms with Crippen molar-refractivity contribution in [2.45, 2.75) is 18.9 Å². The Morgan fingerprint density at radius 2 is 2.17 bits per heavy atom. The molecule has 1 aromatic heterocycles. The molecule has 1 fully saturated rings. The highest BCUT2D eigenvalue weighted by Gasteiger charge is 2.18. The summed E-state index contributed by atoms with van der Waals surface area (Å²) in [5, 5.41) is 9.05. The van der Waals surface area contributed by atoms with Gasteiger partial charge in [-0.3, -0.25) is 0 Å². The molecule has 0 bridgehead atoms. The molecule has 94 valence electrons. The Labute approximate surface area is 109 Å². The number of aromatic carboxylic acids is 1. The van der Waals surface area contributed by atoms with Crippen LogP contribution in [0.4, 0.5) is 0 Å².